The smallest absolute Gasteiger partial charge is 0.269 e. The minimum absolute atomic E-state index is 0.000900. The first-order chi connectivity index (χ1) is 9.51. The highest BCUT2D eigenvalue weighted by atomic mass is 32.2. The zero-order valence-corrected chi connectivity index (χ0v) is 12.1. The number of hydrogen-bond acceptors (Lipinski definition) is 4. The van der Waals surface area contributed by atoms with Crippen LogP contribution in [-0.2, 0) is 6.61 Å². The van der Waals surface area contributed by atoms with E-state index in [-0.39, 0.29) is 12.3 Å². The third-order valence-electron chi connectivity index (χ3n) is 2.98. The van der Waals surface area contributed by atoms with Crippen LogP contribution in [0.4, 0.5) is 5.69 Å². The Morgan fingerprint density at radius 3 is 2.45 bits per heavy atom. The Bertz CT molecular complexity index is 656. The molecule has 0 aliphatic carbocycles. The molecule has 0 aliphatic heterocycles. The number of aliphatic hydroxyl groups excluding tert-OH is 1. The number of aliphatic hydroxyl groups is 1. The SMILES string of the molecule is Cc1ccc(Sc2ccc([N+](=O)[O-])cc2CO)c(C)c1. The maximum Gasteiger partial charge on any atom is 0.269 e. The Kier molecular flexibility index (Phi) is 4.42. The highest BCUT2D eigenvalue weighted by Crippen LogP contribution is 2.34. The number of nitro benzene ring substituents is 1. The van der Waals surface area contributed by atoms with Gasteiger partial charge in [-0.25, -0.2) is 0 Å². The summed E-state index contributed by atoms with van der Waals surface area (Å²) in [5.41, 5.74) is 2.92. The molecule has 2 aromatic rings. The van der Waals surface area contributed by atoms with E-state index in [2.05, 4.69) is 6.07 Å². The van der Waals surface area contributed by atoms with Gasteiger partial charge in [0.25, 0.3) is 5.69 Å². The number of nitro groups is 1. The van der Waals surface area contributed by atoms with Crippen molar-refractivity contribution < 1.29 is 10.0 Å². The molecule has 104 valence electrons. The van der Waals surface area contributed by atoms with Crippen LogP contribution in [0.25, 0.3) is 0 Å². The maximum atomic E-state index is 10.7. The molecule has 0 amide bonds. The van der Waals surface area contributed by atoms with Crippen molar-refractivity contribution in [2.24, 2.45) is 0 Å². The van der Waals surface area contributed by atoms with Crippen molar-refractivity contribution in [2.75, 3.05) is 0 Å². The number of hydrogen-bond donors (Lipinski definition) is 1. The van der Waals surface area contributed by atoms with Crippen LogP contribution in [0.3, 0.4) is 0 Å². The van der Waals surface area contributed by atoms with Crippen molar-refractivity contribution in [3.05, 3.63) is 63.2 Å². The summed E-state index contributed by atoms with van der Waals surface area (Å²) in [6.45, 7) is 3.85. The second kappa shape index (κ2) is 6.07. The zero-order chi connectivity index (χ0) is 14.7. The lowest BCUT2D eigenvalue weighted by molar-refractivity contribution is -0.385. The molecule has 0 fully saturated rings. The summed E-state index contributed by atoms with van der Waals surface area (Å²) in [4.78, 5) is 12.2. The van der Waals surface area contributed by atoms with Gasteiger partial charge in [-0.3, -0.25) is 10.1 Å². The zero-order valence-electron chi connectivity index (χ0n) is 11.3. The molecule has 4 nitrogen and oxygen atoms in total. The van der Waals surface area contributed by atoms with Crippen molar-refractivity contribution in [1.29, 1.82) is 0 Å². The Morgan fingerprint density at radius 1 is 1.15 bits per heavy atom. The minimum atomic E-state index is -0.454. The fourth-order valence-corrected chi connectivity index (χ4v) is 2.92. The predicted octanol–water partition coefficient (Wildman–Crippen LogP) is 3.86. The van der Waals surface area contributed by atoms with Gasteiger partial charge < -0.3 is 5.11 Å². The predicted molar refractivity (Wildman–Crippen MR) is 79.1 cm³/mol. The molecule has 0 bridgehead atoms. The summed E-state index contributed by atoms with van der Waals surface area (Å²) in [5, 5.41) is 20.1. The Morgan fingerprint density at radius 2 is 1.85 bits per heavy atom. The Balaban J connectivity index is 2.35. The van der Waals surface area contributed by atoms with Gasteiger partial charge in [0.05, 0.1) is 11.5 Å². The fraction of sp³-hybridized carbons (Fsp3) is 0.200. The summed E-state index contributed by atoms with van der Waals surface area (Å²) in [5.74, 6) is 0. The molecule has 0 unspecified atom stereocenters. The summed E-state index contributed by atoms with van der Waals surface area (Å²) < 4.78 is 0. The molecular weight excluding hydrogens is 274 g/mol. The lowest BCUT2D eigenvalue weighted by atomic mass is 10.2. The van der Waals surface area contributed by atoms with Crippen LogP contribution >= 0.6 is 11.8 Å². The molecule has 20 heavy (non-hydrogen) atoms. The number of nitrogens with zero attached hydrogens (tertiary/aromatic N) is 1. The van der Waals surface area contributed by atoms with Crippen LogP contribution in [0.2, 0.25) is 0 Å². The average Bonchev–Trinajstić information content (AvgIpc) is 2.42. The highest BCUT2D eigenvalue weighted by Gasteiger charge is 2.12. The first-order valence-corrected chi connectivity index (χ1v) is 6.96. The van der Waals surface area contributed by atoms with E-state index in [1.54, 1.807) is 6.07 Å². The van der Waals surface area contributed by atoms with Gasteiger partial charge in [-0.15, -0.1) is 0 Å². The van der Waals surface area contributed by atoms with Crippen molar-refractivity contribution >= 4 is 17.4 Å². The van der Waals surface area contributed by atoms with Crippen molar-refractivity contribution in [3.8, 4) is 0 Å². The molecule has 5 heteroatoms. The summed E-state index contributed by atoms with van der Waals surface area (Å²) >= 11 is 1.51. The van der Waals surface area contributed by atoms with E-state index in [0.29, 0.717) is 5.56 Å². The maximum absolute atomic E-state index is 10.7. The van der Waals surface area contributed by atoms with Gasteiger partial charge in [-0.05, 0) is 37.1 Å². The monoisotopic (exact) mass is 289 g/mol. The van der Waals surface area contributed by atoms with Crippen LogP contribution in [-0.4, -0.2) is 10.0 Å². The topological polar surface area (TPSA) is 63.4 Å². The Labute approximate surface area is 121 Å². The number of aryl methyl sites for hydroxylation is 2. The first-order valence-electron chi connectivity index (χ1n) is 6.14. The van der Waals surface area contributed by atoms with Gasteiger partial charge in [0.15, 0.2) is 0 Å². The standard InChI is InChI=1S/C15H15NO3S/c1-10-3-5-14(11(2)7-10)20-15-6-4-13(16(18)19)8-12(15)9-17/h3-8,17H,9H2,1-2H3. The second-order valence-corrected chi connectivity index (χ2v) is 5.66. The van der Waals surface area contributed by atoms with E-state index in [4.69, 9.17) is 0 Å². The normalized spacial score (nSPS) is 10.6. The van der Waals surface area contributed by atoms with Gasteiger partial charge in [0, 0.05) is 21.9 Å². The number of rotatable bonds is 4. The molecular formula is C15H15NO3S. The van der Waals surface area contributed by atoms with E-state index in [1.807, 2.05) is 26.0 Å². The summed E-state index contributed by atoms with van der Waals surface area (Å²) in [6, 6.07) is 10.7. The summed E-state index contributed by atoms with van der Waals surface area (Å²) in [6.07, 6.45) is 0. The van der Waals surface area contributed by atoms with Crippen LogP contribution in [0.1, 0.15) is 16.7 Å². The lowest BCUT2D eigenvalue weighted by Gasteiger charge is -2.09. The third kappa shape index (κ3) is 3.18. The first kappa shape index (κ1) is 14.6. The fourth-order valence-electron chi connectivity index (χ4n) is 1.93. The van der Waals surface area contributed by atoms with Gasteiger partial charge in [0.2, 0.25) is 0 Å². The van der Waals surface area contributed by atoms with Gasteiger partial charge in [-0.1, -0.05) is 29.5 Å². The second-order valence-electron chi connectivity index (χ2n) is 4.58. The Hall–Kier alpha value is -1.85. The van der Waals surface area contributed by atoms with E-state index < -0.39 is 4.92 Å². The largest absolute Gasteiger partial charge is 0.392 e. The minimum Gasteiger partial charge on any atom is -0.392 e. The van der Waals surface area contributed by atoms with Gasteiger partial charge in [0.1, 0.15) is 0 Å². The van der Waals surface area contributed by atoms with Crippen molar-refractivity contribution in [1.82, 2.24) is 0 Å². The summed E-state index contributed by atoms with van der Waals surface area (Å²) in [7, 11) is 0. The molecule has 2 aromatic carbocycles. The average molecular weight is 289 g/mol. The molecule has 0 heterocycles. The number of benzene rings is 2. The molecule has 0 saturated carbocycles. The van der Waals surface area contributed by atoms with Crippen LogP contribution < -0.4 is 0 Å². The van der Waals surface area contributed by atoms with E-state index in [1.165, 1.54) is 29.5 Å². The molecule has 0 aliphatic rings. The van der Waals surface area contributed by atoms with Crippen LogP contribution in [0.5, 0.6) is 0 Å². The molecule has 0 spiro atoms. The van der Waals surface area contributed by atoms with E-state index in [9.17, 15) is 15.2 Å². The van der Waals surface area contributed by atoms with Crippen LogP contribution in [0, 0.1) is 24.0 Å². The highest BCUT2D eigenvalue weighted by molar-refractivity contribution is 7.99. The van der Waals surface area contributed by atoms with Gasteiger partial charge in [-0.2, -0.15) is 0 Å². The van der Waals surface area contributed by atoms with E-state index >= 15 is 0 Å². The molecule has 1 N–H and O–H groups in total. The molecule has 0 saturated heterocycles. The quantitative estimate of drug-likeness (QED) is 0.686. The number of non-ortho nitro benzene ring substituents is 1. The molecule has 0 atom stereocenters. The third-order valence-corrected chi connectivity index (χ3v) is 4.27. The van der Waals surface area contributed by atoms with Crippen molar-refractivity contribution in [3.63, 3.8) is 0 Å². The molecule has 0 radical (unpaired) electrons. The van der Waals surface area contributed by atoms with Crippen molar-refractivity contribution in [2.45, 2.75) is 30.2 Å². The lowest BCUT2D eigenvalue weighted by Crippen LogP contribution is -1.93. The van der Waals surface area contributed by atoms with Gasteiger partial charge >= 0.3 is 0 Å². The van der Waals surface area contributed by atoms with Crippen LogP contribution in [0.15, 0.2) is 46.2 Å². The van der Waals surface area contributed by atoms with E-state index in [0.717, 1.165) is 15.4 Å². The molecule has 0 aromatic heterocycles. The molecule has 2 rings (SSSR count).